The lowest BCUT2D eigenvalue weighted by Crippen LogP contribution is -2.28. The fraction of sp³-hybridized carbons (Fsp3) is 1.00. The molecule has 1 heterocycles. The van der Waals surface area contributed by atoms with Crippen LogP contribution >= 0.6 is 0 Å². The Bertz CT molecular complexity index is 79.0. The normalized spacial score (nSPS) is 29.3. The van der Waals surface area contributed by atoms with Crippen LogP contribution in [-0.4, -0.2) is 18.8 Å². The third-order valence-corrected chi connectivity index (χ3v) is 1.74. The highest BCUT2D eigenvalue weighted by molar-refractivity contribution is 4.68. The van der Waals surface area contributed by atoms with Crippen LogP contribution in [0.2, 0.25) is 0 Å². The second-order valence-electron chi connectivity index (χ2n) is 2.84. The minimum atomic E-state index is 0.342. The summed E-state index contributed by atoms with van der Waals surface area (Å²) in [6.45, 7) is 3.00. The van der Waals surface area contributed by atoms with E-state index in [0.29, 0.717) is 12.1 Å². The van der Waals surface area contributed by atoms with Gasteiger partial charge >= 0.3 is 0 Å². The zero-order valence-corrected chi connectivity index (χ0v) is 5.97. The van der Waals surface area contributed by atoms with E-state index in [1.165, 1.54) is 6.42 Å². The van der Waals surface area contributed by atoms with Gasteiger partial charge in [-0.3, -0.25) is 0 Å². The van der Waals surface area contributed by atoms with E-state index in [9.17, 15) is 0 Å². The fourth-order valence-corrected chi connectivity index (χ4v) is 0.961. The molecule has 0 radical (unpaired) electrons. The van der Waals surface area contributed by atoms with Gasteiger partial charge in [0, 0.05) is 12.6 Å². The topological polar surface area (TPSA) is 35.2 Å². The molecule has 2 nitrogen and oxygen atoms in total. The van der Waals surface area contributed by atoms with Crippen LogP contribution in [0, 0.1) is 0 Å². The van der Waals surface area contributed by atoms with Crippen LogP contribution in [0.3, 0.4) is 0 Å². The summed E-state index contributed by atoms with van der Waals surface area (Å²) in [6, 6.07) is 0.342. The zero-order valence-electron chi connectivity index (χ0n) is 5.97. The first-order chi connectivity index (χ1) is 4.29. The number of rotatable bonds is 3. The van der Waals surface area contributed by atoms with Gasteiger partial charge < -0.3 is 10.5 Å². The Kier molecular flexibility index (Phi) is 2.49. The van der Waals surface area contributed by atoms with Crippen molar-refractivity contribution < 1.29 is 4.74 Å². The Labute approximate surface area is 56.4 Å². The van der Waals surface area contributed by atoms with E-state index in [1.54, 1.807) is 0 Å². The average molecular weight is 129 g/mol. The Morgan fingerprint density at radius 2 is 2.44 bits per heavy atom. The van der Waals surface area contributed by atoms with Gasteiger partial charge in [-0.05, 0) is 26.2 Å². The molecule has 0 aromatic rings. The van der Waals surface area contributed by atoms with Crippen LogP contribution in [0.5, 0.6) is 0 Å². The van der Waals surface area contributed by atoms with Crippen LogP contribution in [0.25, 0.3) is 0 Å². The number of nitrogens with two attached hydrogens (primary N) is 1. The Morgan fingerprint density at radius 3 is 2.78 bits per heavy atom. The van der Waals surface area contributed by atoms with E-state index < -0.39 is 0 Å². The number of hydrogen-bond donors (Lipinski definition) is 1. The lowest BCUT2D eigenvalue weighted by atomic mass is 10.0. The van der Waals surface area contributed by atoms with Crippen LogP contribution < -0.4 is 5.73 Å². The Hall–Kier alpha value is -0.0800. The predicted molar refractivity (Wildman–Crippen MR) is 37.2 cm³/mol. The number of hydrogen-bond acceptors (Lipinski definition) is 2. The summed E-state index contributed by atoms with van der Waals surface area (Å²) < 4.78 is 5.23. The summed E-state index contributed by atoms with van der Waals surface area (Å²) in [4.78, 5) is 0. The monoisotopic (exact) mass is 129 g/mol. The smallest absolute Gasteiger partial charge is 0.0597 e. The van der Waals surface area contributed by atoms with Gasteiger partial charge in [0.15, 0.2) is 0 Å². The van der Waals surface area contributed by atoms with Gasteiger partial charge in [0.1, 0.15) is 0 Å². The molecule has 54 valence electrons. The molecule has 2 atom stereocenters. The standard InChI is InChI=1S/C7H15NO/c1-6(8)2-3-7-4-5-9-7/h6-7H,2-5,8H2,1H3. The van der Waals surface area contributed by atoms with Crippen LogP contribution in [-0.2, 0) is 4.74 Å². The van der Waals surface area contributed by atoms with E-state index in [-0.39, 0.29) is 0 Å². The van der Waals surface area contributed by atoms with Gasteiger partial charge in [0.05, 0.1) is 6.10 Å². The molecule has 1 aliphatic rings. The van der Waals surface area contributed by atoms with Crippen molar-refractivity contribution in [3.63, 3.8) is 0 Å². The maximum atomic E-state index is 5.56. The lowest BCUT2D eigenvalue weighted by molar-refractivity contribution is -0.0559. The molecular weight excluding hydrogens is 114 g/mol. The molecule has 1 rings (SSSR count). The first-order valence-corrected chi connectivity index (χ1v) is 3.66. The third-order valence-electron chi connectivity index (χ3n) is 1.74. The van der Waals surface area contributed by atoms with Crippen molar-refractivity contribution >= 4 is 0 Å². The van der Waals surface area contributed by atoms with E-state index in [1.807, 2.05) is 6.92 Å². The minimum absolute atomic E-state index is 0.342. The maximum Gasteiger partial charge on any atom is 0.0597 e. The quantitative estimate of drug-likeness (QED) is 0.614. The summed E-state index contributed by atoms with van der Waals surface area (Å²) >= 11 is 0. The molecule has 0 aliphatic carbocycles. The highest BCUT2D eigenvalue weighted by Gasteiger charge is 2.17. The van der Waals surface area contributed by atoms with Gasteiger partial charge in [0.25, 0.3) is 0 Å². The van der Waals surface area contributed by atoms with E-state index >= 15 is 0 Å². The second-order valence-corrected chi connectivity index (χ2v) is 2.84. The molecule has 0 aromatic heterocycles. The van der Waals surface area contributed by atoms with Gasteiger partial charge in [-0.2, -0.15) is 0 Å². The molecular formula is C7H15NO. The largest absolute Gasteiger partial charge is 0.378 e. The third kappa shape index (κ3) is 2.33. The molecule has 1 fully saturated rings. The Morgan fingerprint density at radius 1 is 1.78 bits per heavy atom. The molecule has 0 bridgehead atoms. The van der Waals surface area contributed by atoms with E-state index in [4.69, 9.17) is 10.5 Å². The van der Waals surface area contributed by atoms with Crippen molar-refractivity contribution in [2.24, 2.45) is 5.73 Å². The van der Waals surface area contributed by atoms with Crippen molar-refractivity contribution in [1.29, 1.82) is 0 Å². The van der Waals surface area contributed by atoms with Crippen molar-refractivity contribution in [2.75, 3.05) is 6.61 Å². The molecule has 0 aromatic carbocycles. The summed E-state index contributed by atoms with van der Waals surface area (Å²) in [5.41, 5.74) is 5.56. The SMILES string of the molecule is CC(N)CCC1CCO1. The first-order valence-electron chi connectivity index (χ1n) is 3.66. The molecule has 1 saturated heterocycles. The molecule has 1 aliphatic heterocycles. The lowest BCUT2D eigenvalue weighted by Gasteiger charge is -2.26. The second kappa shape index (κ2) is 3.18. The summed E-state index contributed by atoms with van der Waals surface area (Å²) in [5, 5.41) is 0. The van der Waals surface area contributed by atoms with Crippen molar-refractivity contribution in [3.8, 4) is 0 Å². The van der Waals surface area contributed by atoms with Crippen molar-refractivity contribution in [1.82, 2.24) is 0 Å². The molecule has 9 heavy (non-hydrogen) atoms. The molecule has 2 N–H and O–H groups in total. The summed E-state index contributed by atoms with van der Waals surface area (Å²) in [7, 11) is 0. The molecule has 2 heteroatoms. The minimum Gasteiger partial charge on any atom is -0.378 e. The van der Waals surface area contributed by atoms with Gasteiger partial charge in [-0.1, -0.05) is 0 Å². The van der Waals surface area contributed by atoms with Crippen LogP contribution in [0.15, 0.2) is 0 Å². The highest BCUT2D eigenvalue weighted by atomic mass is 16.5. The van der Waals surface area contributed by atoms with Gasteiger partial charge in [0.2, 0.25) is 0 Å². The summed E-state index contributed by atoms with van der Waals surface area (Å²) in [5.74, 6) is 0. The van der Waals surface area contributed by atoms with Crippen LogP contribution in [0.1, 0.15) is 26.2 Å². The van der Waals surface area contributed by atoms with E-state index in [2.05, 4.69) is 0 Å². The molecule has 0 saturated carbocycles. The molecule has 0 amide bonds. The Balaban J connectivity index is 1.91. The fourth-order valence-electron chi connectivity index (χ4n) is 0.961. The van der Waals surface area contributed by atoms with E-state index in [0.717, 1.165) is 19.4 Å². The maximum absolute atomic E-state index is 5.56. The van der Waals surface area contributed by atoms with Gasteiger partial charge in [-0.25, -0.2) is 0 Å². The zero-order chi connectivity index (χ0) is 6.69. The predicted octanol–water partition coefficient (Wildman–Crippen LogP) is 0.903. The van der Waals surface area contributed by atoms with Crippen LogP contribution in [0.4, 0.5) is 0 Å². The average Bonchev–Trinajstić information content (AvgIpc) is 1.60. The number of ether oxygens (including phenoxy) is 1. The first kappa shape index (κ1) is 7.03. The highest BCUT2D eigenvalue weighted by Crippen LogP contribution is 2.16. The molecule has 2 unspecified atom stereocenters. The van der Waals surface area contributed by atoms with Crippen molar-refractivity contribution in [3.05, 3.63) is 0 Å². The van der Waals surface area contributed by atoms with Gasteiger partial charge in [-0.15, -0.1) is 0 Å². The van der Waals surface area contributed by atoms with Crippen molar-refractivity contribution in [2.45, 2.75) is 38.3 Å². The summed E-state index contributed by atoms with van der Waals surface area (Å²) in [6.07, 6.45) is 4.03. The molecule has 0 spiro atoms.